The molecule has 2 N–H and O–H groups in total. The van der Waals surface area contributed by atoms with Gasteiger partial charge in [0.05, 0.1) is 0 Å². The molecule has 0 radical (unpaired) electrons. The van der Waals surface area contributed by atoms with Gasteiger partial charge in [0.1, 0.15) is 5.75 Å². The summed E-state index contributed by atoms with van der Waals surface area (Å²) in [5.41, 5.74) is 6.59. The lowest BCUT2D eigenvalue weighted by atomic mass is 10.2. The highest BCUT2D eigenvalue weighted by atomic mass is 16.5. The van der Waals surface area contributed by atoms with Crippen LogP contribution in [0.15, 0.2) is 24.3 Å². The van der Waals surface area contributed by atoms with Crippen LogP contribution in [0.2, 0.25) is 0 Å². The Bertz CT molecular complexity index is 414. The monoisotopic (exact) mass is 248 g/mol. The van der Waals surface area contributed by atoms with E-state index >= 15 is 0 Å². The van der Waals surface area contributed by atoms with Gasteiger partial charge in [0.2, 0.25) is 0 Å². The van der Waals surface area contributed by atoms with Gasteiger partial charge in [-0.2, -0.15) is 0 Å². The number of benzene rings is 1. The van der Waals surface area contributed by atoms with Crippen LogP contribution in [0, 0.1) is 0 Å². The molecule has 1 fully saturated rings. The standard InChI is InChI=1S/C14H20N2O2/c1-11(14(17)16-7-2-3-8-16)18-13-6-4-5-12(9-13)10-15/h4-6,9,11H,2-3,7-8,10,15H2,1H3. The lowest BCUT2D eigenvalue weighted by Gasteiger charge is -2.21. The first-order valence-electron chi connectivity index (χ1n) is 6.45. The minimum absolute atomic E-state index is 0.0747. The maximum absolute atomic E-state index is 12.1. The molecule has 0 spiro atoms. The molecule has 0 aliphatic carbocycles. The van der Waals surface area contributed by atoms with Crippen molar-refractivity contribution in [1.29, 1.82) is 0 Å². The zero-order chi connectivity index (χ0) is 13.0. The Labute approximate surface area is 108 Å². The summed E-state index contributed by atoms with van der Waals surface area (Å²) in [7, 11) is 0. The topological polar surface area (TPSA) is 55.6 Å². The van der Waals surface area contributed by atoms with Crippen LogP contribution in [-0.4, -0.2) is 30.0 Å². The fourth-order valence-corrected chi connectivity index (χ4v) is 2.19. The Kier molecular flexibility index (Phi) is 4.20. The minimum atomic E-state index is -0.434. The summed E-state index contributed by atoms with van der Waals surface area (Å²) in [5, 5.41) is 0. The van der Waals surface area contributed by atoms with Crippen LogP contribution in [0.1, 0.15) is 25.3 Å². The largest absolute Gasteiger partial charge is 0.481 e. The van der Waals surface area contributed by atoms with Gasteiger partial charge < -0.3 is 15.4 Å². The van der Waals surface area contributed by atoms with Gasteiger partial charge >= 0.3 is 0 Å². The second kappa shape index (κ2) is 5.87. The van der Waals surface area contributed by atoms with Crippen molar-refractivity contribution in [2.75, 3.05) is 13.1 Å². The van der Waals surface area contributed by atoms with E-state index in [1.165, 1.54) is 0 Å². The fourth-order valence-electron chi connectivity index (χ4n) is 2.19. The molecule has 1 aromatic rings. The first kappa shape index (κ1) is 12.9. The van der Waals surface area contributed by atoms with E-state index in [2.05, 4.69) is 0 Å². The molecule has 1 heterocycles. The predicted molar refractivity (Wildman–Crippen MR) is 70.2 cm³/mol. The maximum atomic E-state index is 12.1. The summed E-state index contributed by atoms with van der Waals surface area (Å²) >= 11 is 0. The smallest absolute Gasteiger partial charge is 0.263 e. The molecule has 1 unspecified atom stereocenters. The van der Waals surface area contributed by atoms with E-state index in [-0.39, 0.29) is 5.91 Å². The summed E-state index contributed by atoms with van der Waals surface area (Å²) in [5.74, 6) is 0.781. The molecule has 4 heteroatoms. The van der Waals surface area contributed by atoms with Gasteiger partial charge in [-0.25, -0.2) is 0 Å². The van der Waals surface area contributed by atoms with Gasteiger partial charge in [0.15, 0.2) is 6.10 Å². The molecule has 98 valence electrons. The second-order valence-electron chi connectivity index (χ2n) is 4.64. The normalized spacial score (nSPS) is 16.7. The zero-order valence-corrected chi connectivity index (χ0v) is 10.8. The summed E-state index contributed by atoms with van der Waals surface area (Å²) in [4.78, 5) is 14.0. The van der Waals surface area contributed by atoms with Gasteiger partial charge in [0, 0.05) is 19.6 Å². The molecule has 0 bridgehead atoms. The molecule has 1 atom stereocenters. The third-order valence-electron chi connectivity index (χ3n) is 3.21. The number of amides is 1. The number of hydrogen-bond acceptors (Lipinski definition) is 3. The highest BCUT2D eigenvalue weighted by Gasteiger charge is 2.24. The molecule has 1 amide bonds. The highest BCUT2D eigenvalue weighted by molar-refractivity contribution is 5.81. The molecule has 1 aromatic carbocycles. The van der Waals surface area contributed by atoms with Crippen molar-refractivity contribution >= 4 is 5.91 Å². The summed E-state index contributed by atoms with van der Waals surface area (Å²) in [6.45, 7) is 3.99. The maximum Gasteiger partial charge on any atom is 0.263 e. The Hall–Kier alpha value is -1.55. The third-order valence-corrected chi connectivity index (χ3v) is 3.21. The lowest BCUT2D eigenvalue weighted by molar-refractivity contribution is -0.136. The van der Waals surface area contributed by atoms with Crippen molar-refractivity contribution in [1.82, 2.24) is 4.90 Å². The van der Waals surface area contributed by atoms with E-state index < -0.39 is 6.10 Å². The van der Waals surface area contributed by atoms with Gasteiger partial charge in [-0.1, -0.05) is 12.1 Å². The second-order valence-corrected chi connectivity index (χ2v) is 4.64. The van der Waals surface area contributed by atoms with E-state index in [0.29, 0.717) is 12.3 Å². The van der Waals surface area contributed by atoms with Crippen molar-refractivity contribution in [3.05, 3.63) is 29.8 Å². The molecule has 4 nitrogen and oxygen atoms in total. The van der Waals surface area contributed by atoms with Crippen LogP contribution < -0.4 is 10.5 Å². The van der Waals surface area contributed by atoms with Crippen LogP contribution >= 0.6 is 0 Å². The van der Waals surface area contributed by atoms with E-state index in [1.54, 1.807) is 6.92 Å². The van der Waals surface area contributed by atoms with E-state index in [9.17, 15) is 4.79 Å². The molecular formula is C14H20N2O2. The predicted octanol–water partition coefficient (Wildman–Crippen LogP) is 1.54. The summed E-state index contributed by atoms with van der Waals surface area (Å²) in [6, 6.07) is 7.57. The number of rotatable bonds is 4. The SMILES string of the molecule is CC(Oc1cccc(CN)c1)C(=O)N1CCCC1. The molecule has 0 saturated carbocycles. The van der Waals surface area contributed by atoms with Crippen LogP contribution in [-0.2, 0) is 11.3 Å². The van der Waals surface area contributed by atoms with Crippen LogP contribution in [0.4, 0.5) is 0 Å². The van der Waals surface area contributed by atoms with Crippen LogP contribution in [0.25, 0.3) is 0 Å². The van der Waals surface area contributed by atoms with Crippen molar-refractivity contribution in [2.45, 2.75) is 32.4 Å². The number of carbonyl (C=O) groups is 1. The van der Waals surface area contributed by atoms with Crippen molar-refractivity contribution in [3.63, 3.8) is 0 Å². The summed E-state index contributed by atoms with van der Waals surface area (Å²) < 4.78 is 5.68. The average Bonchev–Trinajstić information content (AvgIpc) is 2.92. The van der Waals surface area contributed by atoms with Gasteiger partial charge in [-0.3, -0.25) is 4.79 Å². The Morgan fingerprint density at radius 3 is 2.83 bits per heavy atom. The van der Waals surface area contributed by atoms with E-state index in [4.69, 9.17) is 10.5 Å². The van der Waals surface area contributed by atoms with Crippen LogP contribution in [0.3, 0.4) is 0 Å². The number of carbonyl (C=O) groups excluding carboxylic acids is 1. The zero-order valence-electron chi connectivity index (χ0n) is 10.8. The number of likely N-dealkylation sites (tertiary alicyclic amines) is 1. The lowest BCUT2D eigenvalue weighted by Crippen LogP contribution is -2.38. The fraction of sp³-hybridized carbons (Fsp3) is 0.500. The minimum Gasteiger partial charge on any atom is -0.481 e. The van der Waals surface area contributed by atoms with Gasteiger partial charge in [-0.15, -0.1) is 0 Å². The number of nitrogens with two attached hydrogens (primary N) is 1. The first-order valence-corrected chi connectivity index (χ1v) is 6.45. The van der Waals surface area contributed by atoms with Gasteiger partial charge in [0.25, 0.3) is 5.91 Å². The molecule has 0 aromatic heterocycles. The van der Waals surface area contributed by atoms with E-state index in [0.717, 1.165) is 31.5 Å². The summed E-state index contributed by atoms with van der Waals surface area (Å²) in [6.07, 6.45) is 1.76. The Morgan fingerprint density at radius 1 is 1.44 bits per heavy atom. The number of ether oxygens (including phenoxy) is 1. The van der Waals surface area contributed by atoms with Crippen molar-refractivity contribution in [3.8, 4) is 5.75 Å². The first-order chi connectivity index (χ1) is 8.70. The Balaban J connectivity index is 1.97. The number of nitrogens with zero attached hydrogens (tertiary/aromatic N) is 1. The van der Waals surface area contributed by atoms with Crippen molar-refractivity contribution < 1.29 is 9.53 Å². The quantitative estimate of drug-likeness (QED) is 0.879. The van der Waals surface area contributed by atoms with Crippen molar-refractivity contribution in [2.24, 2.45) is 5.73 Å². The van der Waals surface area contributed by atoms with Gasteiger partial charge in [-0.05, 0) is 37.5 Å². The molecule has 18 heavy (non-hydrogen) atoms. The Morgan fingerprint density at radius 2 is 2.17 bits per heavy atom. The van der Waals surface area contributed by atoms with Crippen LogP contribution in [0.5, 0.6) is 5.75 Å². The molecule has 2 rings (SSSR count). The van der Waals surface area contributed by atoms with E-state index in [1.807, 2.05) is 29.2 Å². The third kappa shape index (κ3) is 3.01. The molecular weight excluding hydrogens is 228 g/mol. The number of hydrogen-bond donors (Lipinski definition) is 1. The molecule has 1 saturated heterocycles. The highest BCUT2D eigenvalue weighted by Crippen LogP contribution is 2.17. The molecule has 1 aliphatic heterocycles. The molecule has 1 aliphatic rings. The average molecular weight is 248 g/mol.